The molecule has 2 unspecified atom stereocenters. The number of hydrogen-bond donors (Lipinski definition) is 1. The molecule has 0 saturated heterocycles. The van der Waals surface area contributed by atoms with Gasteiger partial charge in [0, 0.05) is 32.2 Å². The van der Waals surface area contributed by atoms with E-state index in [4.69, 9.17) is 5.73 Å². The third-order valence-corrected chi connectivity index (χ3v) is 6.22. The average Bonchev–Trinajstić information content (AvgIpc) is 3.08. The highest BCUT2D eigenvalue weighted by Crippen LogP contribution is 2.31. The van der Waals surface area contributed by atoms with Gasteiger partial charge in [0.05, 0.1) is 6.04 Å². The number of rotatable bonds is 7. The summed E-state index contributed by atoms with van der Waals surface area (Å²) in [7, 11) is 2.18. The van der Waals surface area contributed by atoms with Gasteiger partial charge in [-0.3, -0.25) is 4.90 Å². The molecule has 0 fully saturated rings. The lowest BCUT2D eigenvalue weighted by Gasteiger charge is -2.31. The van der Waals surface area contributed by atoms with Crippen LogP contribution in [0.4, 0.5) is 0 Å². The first kappa shape index (κ1) is 16.2. The molecule has 0 aliphatic heterocycles. The Kier molecular flexibility index (Phi) is 6.23. The highest BCUT2D eigenvalue weighted by atomic mass is 79.9. The van der Waals surface area contributed by atoms with Crippen molar-refractivity contribution in [3.8, 4) is 0 Å². The molecule has 110 valence electrons. The SMILES string of the molecule is CCC(N)C(c1cc(Br)cs1)N(C)CCc1cccs1. The highest BCUT2D eigenvalue weighted by molar-refractivity contribution is 9.10. The van der Waals surface area contributed by atoms with E-state index in [0.29, 0.717) is 6.04 Å². The summed E-state index contributed by atoms with van der Waals surface area (Å²) < 4.78 is 1.15. The highest BCUT2D eigenvalue weighted by Gasteiger charge is 2.24. The van der Waals surface area contributed by atoms with E-state index in [1.165, 1.54) is 9.75 Å². The van der Waals surface area contributed by atoms with E-state index in [9.17, 15) is 0 Å². The third-order valence-electron chi connectivity index (χ3n) is 3.52. The van der Waals surface area contributed by atoms with Gasteiger partial charge in [-0.05, 0) is 53.3 Å². The molecule has 2 nitrogen and oxygen atoms in total. The molecule has 0 radical (unpaired) electrons. The maximum atomic E-state index is 6.36. The Morgan fingerprint density at radius 1 is 1.40 bits per heavy atom. The second-order valence-corrected chi connectivity index (χ2v) is 7.88. The van der Waals surface area contributed by atoms with Gasteiger partial charge >= 0.3 is 0 Å². The molecule has 2 heterocycles. The molecule has 0 aromatic carbocycles. The van der Waals surface area contributed by atoms with Crippen LogP contribution in [0.25, 0.3) is 0 Å². The molecule has 0 aliphatic rings. The molecule has 20 heavy (non-hydrogen) atoms. The Hall–Kier alpha value is -0.200. The second kappa shape index (κ2) is 7.71. The fraction of sp³-hybridized carbons (Fsp3) is 0.467. The number of likely N-dealkylation sites (N-methyl/N-ethyl adjacent to an activating group) is 1. The van der Waals surface area contributed by atoms with Crippen molar-refractivity contribution >= 4 is 38.6 Å². The molecule has 0 amide bonds. The lowest BCUT2D eigenvalue weighted by molar-refractivity contribution is 0.215. The molecule has 5 heteroatoms. The van der Waals surface area contributed by atoms with E-state index in [0.717, 1.165) is 23.9 Å². The van der Waals surface area contributed by atoms with E-state index in [2.05, 4.69) is 63.8 Å². The van der Waals surface area contributed by atoms with Crippen LogP contribution < -0.4 is 5.73 Å². The minimum Gasteiger partial charge on any atom is -0.326 e. The molecule has 0 bridgehead atoms. The Balaban J connectivity index is 2.05. The van der Waals surface area contributed by atoms with Gasteiger partial charge in [0.1, 0.15) is 0 Å². The second-order valence-electron chi connectivity index (χ2n) is 4.99. The molecule has 2 rings (SSSR count). The van der Waals surface area contributed by atoms with Crippen LogP contribution in [0, 0.1) is 0 Å². The molecule has 2 N–H and O–H groups in total. The van der Waals surface area contributed by atoms with Gasteiger partial charge in [-0.2, -0.15) is 0 Å². The third kappa shape index (κ3) is 4.15. The number of nitrogens with zero attached hydrogens (tertiary/aromatic N) is 1. The summed E-state index contributed by atoms with van der Waals surface area (Å²) in [5.74, 6) is 0. The molecule has 2 atom stereocenters. The number of thiophene rings is 2. The largest absolute Gasteiger partial charge is 0.326 e. The Morgan fingerprint density at radius 2 is 2.20 bits per heavy atom. The predicted octanol–water partition coefficient (Wildman–Crippen LogP) is 4.53. The van der Waals surface area contributed by atoms with E-state index in [-0.39, 0.29) is 6.04 Å². The van der Waals surface area contributed by atoms with Crippen LogP contribution in [0.15, 0.2) is 33.4 Å². The predicted molar refractivity (Wildman–Crippen MR) is 93.7 cm³/mol. The molecule has 2 aromatic rings. The minimum absolute atomic E-state index is 0.175. The zero-order valence-electron chi connectivity index (χ0n) is 11.9. The van der Waals surface area contributed by atoms with Crippen LogP contribution in [0.5, 0.6) is 0 Å². The normalized spacial score (nSPS) is 14.7. The van der Waals surface area contributed by atoms with Crippen LogP contribution in [-0.2, 0) is 6.42 Å². The van der Waals surface area contributed by atoms with Crippen molar-refractivity contribution in [2.45, 2.75) is 31.8 Å². The molecular weight excluding hydrogens is 352 g/mol. The Labute approximate surface area is 137 Å². The Morgan fingerprint density at radius 3 is 2.75 bits per heavy atom. The summed E-state index contributed by atoms with van der Waals surface area (Å²) in [6, 6.07) is 7.00. The van der Waals surface area contributed by atoms with Gasteiger partial charge in [-0.25, -0.2) is 0 Å². The quantitative estimate of drug-likeness (QED) is 0.773. The van der Waals surface area contributed by atoms with Gasteiger partial charge in [0.15, 0.2) is 0 Å². The molecule has 2 aromatic heterocycles. The summed E-state index contributed by atoms with van der Waals surface area (Å²) >= 11 is 7.16. The molecule has 0 saturated carbocycles. The monoisotopic (exact) mass is 372 g/mol. The average molecular weight is 373 g/mol. The fourth-order valence-corrected chi connectivity index (χ4v) is 4.72. The summed E-state index contributed by atoms with van der Waals surface area (Å²) in [6.45, 7) is 3.20. The summed E-state index contributed by atoms with van der Waals surface area (Å²) in [5, 5.41) is 4.28. The van der Waals surface area contributed by atoms with Crippen molar-refractivity contribution in [2.75, 3.05) is 13.6 Å². The maximum absolute atomic E-state index is 6.36. The van der Waals surface area contributed by atoms with E-state index < -0.39 is 0 Å². The van der Waals surface area contributed by atoms with Gasteiger partial charge in [0.25, 0.3) is 0 Å². The lowest BCUT2D eigenvalue weighted by Crippen LogP contribution is -2.39. The fourth-order valence-electron chi connectivity index (χ4n) is 2.34. The van der Waals surface area contributed by atoms with Crippen LogP contribution >= 0.6 is 38.6 Å². The van der Waals surface area contributed by atoms with Crippen molar-refractivity contribution < 1.29 is 0 Å². The van der Waals surface area contributed by atoms with Crippen molar-refractivity contribution in [3.05, 3.63) is 43.2 Å². The summed E-state index contributed by atoms with van der Waals surface area (Å²) in [6.07, 6.45) is 2.08. The van der Waals surface area contributed by atoms with E-state index >= 15 is 0 Å². The number of hydrogen-bond acceptors (Lipinski definition) is 4. The van der Waals surface area contributed by atoms with Crippen molar-refractivity contribution in [1.82, 2.24) is 4.90 Å². The lowest BCUT2D eigenvalue weighted by atomic mass is 10.0. The summed E-state index contributed by atoms with van der Waals surface area (Å²) in [4.78, 5) is 5.18. The first-order valence-electron chi connectivity index (χ1n) is 6.84. The van der Waals surface area contributed by atoms with E-state index in [1.54, 1.807) is 11.3 Å². The molecule has 0 aliphatic carbocycles. The first-order chi connectivity index (χ1) is 9.61. The Bertz CT molecular complexity index is 510. The van der Waals surface area contributed by atoms with Crippen LogP contribution in [0.1, 0.15) is 29.1 Å². The number of nitrogens with two attached hydrogens (primary N) is 1. The minimum atomic E-state index is 0.175. The first-order valence-corrected chi connectivity index (χ1v) is 9.39. The van der Waals surface area contributed by atoms with Crippen molar-refractivity contribution in [3.63, 3.8) is 0 Å². The van der Waals surface area contributed by atoms with Gasteiger partial charge in [-0.15, -0.1) is 22.7 Å². The zero-order valence-corrected chi connectivity index (χ0v) is 15.1. The zero-order chi connectivity index (χ0) is 14.5. The van der Waals surface area contributed by atoms with Gasteiger partial charge < -0.3 is 5.73 Å². The summed E-state index contributed by atoms with van der Waals surface area (Å²) in [5.41, 5.74) is 6.36. The van der Waals surface area contributed by atoms with E-state index in [1.807, 2.05) is 11.3 Å². The molecule has 0 spiro atoms. The van der Waals surface area contributed by atoms with Crippen LogP contribution in [-0.4, -0.2) is 24.5 Å². The number of halogens is 1. The van der Waals surface area contributed by atoms with Crippen molar-refractivity contribution in [1.29, 1.82) is 0 Å². The van der Waals surface area contributed by atoms with Crippen LogP contribution in [0.3, 0.4) is 0 Å². The van der Waals surface area contributed by atoms with Gasteiger partial charge in [0.2, 0.25) is 0 Å². The van der Waals surface area contributed by atoms with Gasteiger partial charge in [-0.1, -0.05) is 13.0 Å². The van der Waals surface area contributed by atoms with Crippen molar-refractivity contribution in [2.24, 2.45) is 5.73 Å². The smallest absolute Gasteiger partial charge is 0.0591 e. The van der Waals surface area contributed by atoms with Crippen LogP contribution in [0.2, 0.25) is 0 Å². The molecular formula is C15H21BrN2S2. The topological polar surface area (TPSA) is 29.3 Å². The maximum Gasteiger partial charge on any atom is 0.0591 e. The standard InChI is InChI=1S/C15H21BrN2S2/c1-3-13(17)15(14-9-11(16)10-20-14)18(2)7-6-12-5-4-8-19-12/h4-5,8-10,13,15H,3,6-7,17H2,1-2H3.